The number of hydrogen-bond donors (Lipinski definition) is 1. The number of carbonyl (C=O) groups is 1. The SMILES string of the molecule is O=C(Nc1ccc(Oc2cc(-n3cccn3)ncn2)cc1)c1cc(Cl)sc1Cl. The molecule has 3 heterocycles. The number of nitrogens with one attached hydrogen (secondary N) is 1. The van der Waals surface area contributed by atoms with Crippen molar-refractivity contribution in [3.63, 3.8) is 0 Å². The first-order chi connectivity index (χ1) is 13.6. The lowest BCUT2D eigenvalue weighted by atomic mass is 10.2. The highest BCUT2D eigenvalue weighted by Crippen LogP contribution is 2.31. The van der Waals surface area contributed by atoms with Gasteiger partial charge in [-0.05, 0) is 36.4 Å². The zero-order valence-electron chi connectivity index (χ0n) is 14.0. The molecule has 10 heteroatoms. The Bertz CT molecular complexity index is 1110. The maximum Gasteiger partial charge on any atom is 0.258 e. The Morgan fingerprint density at radius 3 is 2.64 bits per heavy atom. The van der Waals surface area contributed by atoms with Crippen LogP contribution >= 0.6 is 34.5 Å². The van der Waals surface area contributed by atoms with E-state index in [4.69, 9.17) is 27.9 Å². The molecule has 1 aromatic carbocycles. The molecule has 3 aromatic heterocycles. The van der Waals surface area contributed by atoms with Crippen LogP contribution in [0, 0.1) is 0 Å². The van der Waals surface area contributed by atoms with E-state index in [9.17, 15) is 4.79 Å². The topological polar surface area (TPSA) is 81.9 Å². The fraction of sp³-hybridized carbons (Fsp3) is 0. The van der Waals surface area contributed by atoms with E-state index < -0.39 is 0 Å². The van der Waals surface area contributed by atoms with E-state index in [0.717, 1.165) is 11.3 Å². The van der Waals surface area contributed by atoms with Gasteiger partial charge >= 0.3 is 0 Å². The molecule has 4 aromatic rings. The number of aromatic nitrogens is 4. The van der Waals surface area contributed by atoms with E-state index in [0.29, 0.717) is 37.4 Å². The molecule has 0 spiro atoms. The molecular formula is C18H11Cl2N5O2S. The Hall–Kier alpha value is -2.94. The van der Waals surface area contributed by atoms with Crippen molar-refractivity contribution < 1.29 is 9.53 Å². The van der Waals surface area contributed by atoms with Crippen LogP contribution in [0.3, 0.4) is 0 Å². The van der Waals surface area contributed by atoms with Gasteiger partial charge in [0.05, 0.1) is 9.90 Å². The predicted molar refractivity (Wildman–Crippen MR) is 108 cm³/mol. The van der Waals surface area contributed by atoms with Crippen LogP contribution in [0.15, 0.2) is 61.2 Å². The molecule has 4 rings (SSSR count). The van der Waals surface area contributed by atoms with Gasteiger partial charge in [0.1, 0.15) is 16.4 Å². The number of anilines is 1. The van der Waals surface area contributed by atoms with E-state index in [2.05, 4.69) is 20.4 Å². The first-order valence-corrected chi connectivity index (χ1v) is 9.52. The second-order valence-corrected chi connectivity index (χ2v) is 7.77. The average Bonchev–Trinajstić information content (AvgIpc) is 3.33. The Morgan fingerprint density at radius 2 is 1.96 bits per heavy atom. The van der Waals surface area contributed by atoms with Crippen LogP contribution in [0.1, 0.15) is 10.4 Å². The normalized spacial score (nSPS) is 10.6. The molecule has 140 valence electrons. The maximum atomic E-state index is 12.3. The van der Waals surface area contributed by atoms with Gasteiger partial charge < -0.3 is 10.1 Å². The van der Waals surface area contributed by atoms with Crippen LogP contribution in [0.25, 0.3) is 5.82 Å². The fourth-order valence-corrected chi connectivity index (χ4v) is 3.79. The minimum atomic E-state index is -0.332. The van der Waals surface area contributed by atoms with Gasteiger partial charge in [-0.2, -0.15) is 5.10 Å². The highest BCUT2D eigenvalue weighted by Gasteiger charge is 2.14. The molecule has 0 atom stereocenters. The predicted octanol–water partition coefficient (Wildman–Crippen LogP) is 5.08. The zero-order valence-corrected chi connectivity index (χ0v) is 16.4. The molecule has 0 aliphatic heterocycles. The van der Waals surface area contributed by atoms with Crippen LogP contribution < -0.4 is 10.1 Å². The zero-order chi connectivity index (χ0) is 19.5. The lowest BCUT2D eigenvalue weighted by Crippen LogP contribution is -2.11. The number of ether oxygens (including phenoxy) is 1. The molecule has 0 saturated heterocycles. The number of thiophene rings is 1. The van der Waals surface area contributed by atoms with E-state index in [1.165, 1.54) is 12.4 Å². The van der Waals surface area contributed by atoms with Crippen molar-refractivity contribution in [2.24, 2.45) is 0 Å². The minimum absolute atomic E-state index is 0.332. The average molecular weight is 432 g/mol. The summed E-state index contributed by atoms with van der Waals surface area (Å²) in [5, 5.41) is 6.88. The summed E-state index contributed by atoms with van der Waals surface area (Å²) >= 11 is 13.0. The summed E-state index contributed by atoms with van der Waals surface area (Å²) in [5.41, 5.74) is 0.930. The number of nitrogens with zero attached hydrogens (tertiary/aromatic N) is 4. The lowest BCUT2D eigenvalue weighted by molar-refractivity contribution is 0.102. The van der Waals surface area contributed by atoms with E-state index in [1.54, 1.807) is 53.5 Å². The van der Waals surface area contributed by atoms with Crippen LogP contribution in [-0.2, 0) is 0 Å². The van der Waals surface area contributed by atoms with Gasteiger partial charge in [-0.25, -0.2) is 14.6 Å². The third-order valence-electron chi connectivity index (χ3n) is 3.60. The van der Waals surface area contributed by atoms with Crippen molar-refractivity contribution >= 4 is 46.1 Å². The molecule has 0 aliphatic rings. The summed E-state index contributed by atoms with van der Waals surface area (Å²) in [6, 6.07) is 11.9. The fourth-order valence-electron chi connectivity index (χ4n) is 2.34. The van der Waals surface area contributed by atoms with Crippen LogP contribution in [-0.4, -0.2) is 25.7 Å². The van der Waals surface area contributed by atoms with Gasteiger partial charge in [-0.15, -0.1) is 11.3 Å². The van der Waals surface area contributed by atoms with Gasteiger partial charge in [0.25, 0.3) is 5.91 Å². The summed E-state index contributed by atoms with van der Waals surface area (Å²) in [4.78, 5) is 20.5. The summed E-state index contributed by atoms with van der Waals surface area (Å²) in [6.45, 7) is 0. The van der Waals surface area contributed by atoms with Crippen molar-refractivity contribution in [2.75, 3.05) is 5.32 Å². The van der Waals surface area contributed by atoms with Gasteiger partial charge in [0.15, 0.2) is 5.82 Å². The van der Waals surface area contributed by atoms with Crippen molar-refractivity contribution in [3.05, 3.63) is 75.4 Å². The van der Waals surface area contributed by atoms with Gasteiger partial charge in [-0.3, -0.25) is 4.79 Å². The van der Waals surface area contributed by atoms with Gasteiger partial charge in [0, 0.05) is 24.1 Å². The third kappa shape index (κ3) is 4.14. The largest absolute Gasteiger partial charge is 0.439 e. The van der Waals surface area contributed by atoms with Gasteiger partial charge in [-0.1, -0.05) is 23.2 Å². The van der Waals surface area contributed by atoms with Crippen molar-refractivity contribution in [3.8, 4) is 17.4 Å². The molecule has 0 aliphatic carbocycles. The molecule has 28 heavy (non-hydrogen) atoms. The first-order valence-electron chi connectivity index (χ1n) is 7.94. The van der Waals surface area contributed by atoms with E-state index >= 15 is 0 Å². The summed E-state index contributed by atoms with van der Waals surface area (Å²) in [7, 11) is 0. The molecular weight excluding hydrogens is 421 g/mol. The number of hydrogen-bond acceptors (Lipinski definition) is 6. The maximum absolute atomic E-state index is 12.3. The second-order valence-electron chi connectivity index (χ2n) is 5.48. The minimum Gasteiger partial charge on any atom is -0.439 e. The smallest absolute Gasteiger partial charge is 0.258 e. The molecule has 0 saturated carbocycles. The molecule has 0 unspecified atom stereocenters. The lowest BCUT2D eigenvalue weighted by Gasteiger charge is -2.08. The first kappa shape index (κ1) is 18.4. The number of amides is 1. The molecule has 7 nitrogen and oxygen atoms in total. The number of carbonyl (C=O) groups excluding carboxylic acids is 1. The molecule has 0 radical (unpaired) electrons. The number of benzene rings is 1. The van der Waals surface area contributed by atoms with Crippen LogP contribution in [0.2, 0.25) is 8.67 Å². The standard InChI is InChI=1S/C18H11Cl2N5O2S/c19-14-8-13(17(20)28-14)18(26)24-11-2-4-12(5-3-11)27-16-9-15(21-10-22-16)25-7-1-6-23-25/h1-10H,(H,24,26). The van der Waals surface area contributed by atoms with Crippen LogP contribution in [0.4, 0.5) is 5.69 Å². The van der Waals surface area contributed by atoms with Crippen LogP contribution in [0.5, 0.6) is 11.6 Å². The Balaban J connectivity index is 1.44. The molecule has 1 N–H and O–H groups in total. The Morgan fingerprint density at radius 1 is 1.14 bits per heavy atom. The van der Waals surface area contributed by atoms with E-state index in [-0.39, 0.29) is 5.91 Å². The van der Waals surface area contributed by atoms with Crippen molar-refractivity contribution in [2.45, 2.75) is 0 Å². The number of halogens is 2. The quantitative estimate of drug-likeness (QED) is 0.476. The van der Waals surface area contributed by atoms with Crippen molar-refractivity contribution in [1.29, 1.82) is 0 Å². The summed E-state index contributed by atoms with van der Waals surface area (Å²) < 4.78 is 8.15. The third-order valence-corrected chi connectivity index (χ3v) is 5.09. The summed E-state index contributed by atoms with van der Waals surface area (Å²) in [5.74, 6) is 1.18. The Kier molecular flexibility index (Phi) is 5.25. The van der Waals surface area contributed by atoms with E-state index in [1.807, 2.05) is 0 Å². The van der Waals surface area contributed by atoms with Crippen molar-refractivity contribution in [1.82, 2.24) is 19.7 Å². The second kappa shape index (κ2) is 7.97. The Labute approximate surface area is 173 Å². The highest BCUT2D eigenvalue weighted by molar-refractivity contribution is 7.20. The summed E-state index contributed by atoms with van der Waals surface area (Å²) in [6.07, 6.45) is 4.83. The number of rotatable bonds is 5. The van der Waals surface area contributed by atoms with Gasteiger partial charge in [0.2, 0.25) is 5.88 Å². The monoisotopic (exact) mass is 431 g/mol. The molecule has 0 bridgehead atoms. The molecule has 0 fully saturated rings. The highest BCUT2D eigenvalue weighted by atomic mass is 35.5. The molecule has 1 amide bonds.